The normalized spacial score (nSPS) is 19.2. The van der Waals surface area contributed by atoms with Gasteiger partial charge in [0, 0.05) is 12.7 Å². The van der Waals surface area contributed by atoms with Crippen LogP contribution >= 0.6 is 0 Å². The van der Waals surface area contributed by atoms with Crippen LogP contribution in [0.2, 0.25) is 0 Å². The van der Waals surface area contributed by atoms with Gasteiger partial charge < -0.3 is 11.1 Å². The Bertz CT molecular complexity index is 263. The van der Waals surface area contributed by atoms with Gasteiger partial charge in [-0.05, 0) is 31.4 Å². The summed E-state index contributed by atoms with van der Waals surface area (Å²) in [5, 5.41) is 11.1. The quantitative estimate of drug-likeness (QED) is 0.717. The van der Waals surface area contributed by atoms with Crippen molar-refractivity contribution in [2.45, 2.75) is 24.8 Å². The second-order valence-corrected chi connectivity index (χ2v) is 3.57. The van der Waals surface area contributed by atoms with Crippen LogP contribution in [0.5, 0.6) is 0 Å². The number of nitrogens with one attached hydrogen (secondary N) is 1. The van der Waals surface area contributed by atoms with E-state index in [4.69, 9.17) is 5.73 Å². The van der Waals surface area contributed by atoms with Gasteiger partial charge >= 0.3 is 0 Å². The number of nitrogens with zero attached hydrogens (tertiary/aromatic N) is 2. The molecule has 0 atom stereocenters. The molecule has 1 aliphatic rings. The number of anilines is 1. The van der Waals surface area contributed by atoms with E-state index < -0.39 is 0 Å². The Morgan fingerprint density at radius 2 is 2.38 bits per heavy atom. The zero-order valence-electron chi connectivity index (χ0n) is 7.53. The van der Waals surface area contributed by atoms with Crippen LogP contribution in [-0.4, -0.2) is 22.3 Å². The number of rotatable bonds is 3. The van der Waals surface area contributed by atoms with E-state index in [9.17, 15) is 0 Å². The van der Waals surface area contributed by atoms with E-state index in [-0.39, 0.29) is 5.54 Å². The summed E-state index contributed by atoms with van der Waals surface area (Å²) in [5.41, 5.74) is 5.80. The van der Waals surface area contributed by atoms with E-state index in [1.807, 2.05) is 12.1 Å². The van der Waals surface area contributed by atoms with Crippen molar-refractivity contribution in [3.63, 3.8) is 0 Å². The van der Waals surface area contributed by atoms with Gasteiger partial charge in [0.1, 0.15) is 5.82 Å². The van der Waals surface area contributed by atoms with Gasteiger partial charge in [0.25, 0.3) is 0 Å². The molecule has 1 aromatic rings. The number of hydrogen-bond donors (Lipinski definition) is 2. The van der Waals surface area contributed by atoms with Gasteiger partial charge in [-0.1, -0.05) is 0 Å². The summed E-state index contributed by atoms with van der Waals surface area (Å²) in [6.07, 6.45) is 5.20. The van der Waals surface area contributed by atoms with E-state index in [2.05, 4.69) is 15.5 Å². The lowest BCUT2D eigenvalue weighted by Crippen LogP contribution is -2.51. The fraction of sp³-hybridized carbons (Fsp3) is 0.556. The smallest absolute Gasteiger partial charge is 0.149 e. The monoisotopic (exact) mass is 178 g/mol. The van der Waals surface area contributed by atoms with Crippen molar-refractivity contribution in [2.75, 3.05) is 11.9 Å². The molecule has 1 saturated carbocycles. The minimum atomic E-state index is 0.0933. The molecule has 1 heterocycles. The van der Waals surface area contributed by atoms with Gasteiger partial charge in [0.15, 0.2) is 0 Å². The Balaban J connectivity index is 2.05. The van der Waals surface area contributed by atoms with Crippen molar-refractivity contribution in [2.24, 2.45) is 5.73 Å². The van der Waals surface area contributed by atoms with Crippen LogP contribution in [-0.2, 0) is 0 Å². The number of hydrogen-bond acceptors (Lipinski definition) is 4. The Kier molecular flexibility index (Phi) is 2.14. The van der Waals surface area contributed by atoms with E-state index in [0.29, 0.717) is 6.54 Å². The van der Waals surface area contributed by atoms with Gasteiger partial charge in [0.2, 0.25) is 0 Å². The third-order valence-corrected chi connectivity index (χ3v) is 2.67. The SMILES string of the molecule is NCC1(Nc2cccnn2)CCC1. The van der Waals surface area contributed by atoms with E-state index in [1.165, 1.54) is 6.42 Å². The Morgan fingerprint density at radius 1 is 1.54 bits per heavy atom. The molecule has 1 fully saturated rings. The molecule has 3 N–H and O–H groups in total. The number of nitrogens with two attached hydrogens (primary N) is 1. The summed E-state index contributed by atoms with van der Waals surface area (Å²) >= 11 is 0. The molecule has 70 valence electrons. The summed E-state index contributed by atoms with van der Waals surface area (Å²) in [6.45, 7) is 0.670. The van der Waals surface area contributed by atoms with Gasteiger partial charge in [-0.2, -0.15) is 5.10 Å². The van der Waals surface area contributed by atoms with Gasteiger partial charge in [-0.25, -0.2) is 0 Å². The molecule has 1 aromatic heterocycles. The second-order valence-electron chi connectivity index (χ2n) is 3.57. The van der Waals surface area contributed by atoms with Crippen LogP contribution in [0.1, 0.15) is 19.3 Å². The van der Waals surface area contributed by atoms with Crippen LogP contribution in [0, 0.1) is 0 Å². The van der Waals surface area contributed by atoms with E-state index >= 15 is 0 Å². The highest BCUT2D eigenvalue weighted by Crippen LogP contribution is 2.33. The fourth-order valence-corrected chi connectivity index (χ4v) is 1.62. The lowest BCUT2D eigenvalue weighted by atomic mass is 9.77. The third-order valence-electron chi connectivity index (χ3n) is 2.67. The maximum absolute atomic E-state index is 5.71. The zero-order valence-corrected chi connectivity index (χ0v) is 7.53. The second kappa shape index (κ2) is 3.30. The summed E-state index contributed by atoms with van der Waals surface area (Å²) < 4.78 is 0. The summed E-state index contributed by atoms with van der Waals surface area (Å²) in [6, 6.07) is 3.79. The lowest BCUT2D eigenvalue weighted by molar-refractivity contribution is 0.286. The molecule has 0 aliphatic heterocycles. The average Bonchev–Trinajstić information content (AvgIpc) is 2.13. The van der Waals surface area contributed by atoms with Crippen molar-refractivity contribution in [1.29, 1.82) is 0 Å². The van der Waals surface area contributed by atoms with Crippen LogP contribution in [0.25, 0.3) is 0 Å². The molecule has 0 amide bonds. The van der Waals surface area contributed by atoms with Gasteiger partial charge in [0.05, 0.1) is 5.54 Å². The first-order valence-corrected chi connectivity index (χ1v) is 4.61. The van der Waals surface area contributed by atoms with E-state index in [1.54, 1.807) is 6.20 Å². The zero-order chi connectivity index (χ0) is 9.15. The first-order valence-electron chi connectivity index (χ1n) is 4.61. The maximum Gasteiger partial charge on any atom is 0.149 e. The highest BCUT2D eigenvalue weighted by atomic mass is 15.2. The lowest BCUT2D eigenvalue weighted by Gasteiger charge is -2.41. The van der Waals surface area contributed by atoms with Gasteiger partial charge in [-0.3, -0.25) is 0 Å². The van der Waals surface area contributed by atoms with Crippen LogP contribution in [0.15, 0.2) is 18.3 Å². The molecule has 1 aliphatic carbocycles. The predicted molar refractivity (Wildman–Crippen MR) is 51.3 cm³/mol. The Morgan fingerprint density at radius 3 is 2.85 bits per heavy atom. The van der Waals surface area contributed by atoms with Crippen LogP contribution < -0.4 is 11.1 Å². The fourth-order valence-electron chi connectivity index (χ4n) is 1.62. The highest BCUT2D eigenvalue weighted by Gasteiger charge is 2.35. The average molecular weight is 178 g/mol. The first kappa shape index (κ1) is 8.44. The third kappa shape index (κ3) is 1.62. The molecule has 0 radical (unpaired) electrons. The topological polar surface area (TPSA) is 63.8 Å². The molecule has 4 nitrogen and oxygen atoms in total. The Labute approximate surface area is 77.5 Å². The van der Waals surface area contributed by atoms with E-state index in [0.717, 1.165) is 18.7 Å². The molecule has 0 aromatic carbocycles. The van der Waals surface area contributed by atoms with Crippen LogP contribution in [0.4, 0.5) is 5.82 Å². The molecule has 0 bridgehead atoms. The molecule has 13 heavy (non-hydrogen) atoms. The van der Waals surface area contributed by atoms with Crippen molar-refractivity contribution in [1.82, 2.24) is 10.2 Å². The van der Waals surface area contributed by atoms with Crippen LogP contribution in [0.3, 0.4) is 0 Å². The molecular formula is C9H14N4. The highest BCUT2D eigenvalue weighted by molar-refractivity contribution is 5.37. The standard InChI is InChI=1S/C9H14N4/c10-7-9(4-2-5-9)12-8-3-1-6-11-13-8/h1,3,6H,2,4-5,7,10H2,(H,12,13). The molecular weight excluding hydrogens is 164 g/mol. The molecule has 0 saturated heterocycles. The van der Waals surface area contributed by atoms with Crippen molar-refractivity contribution >= 4 is 5.82 Å². The summed E-state index contributed by atoms with van der Waals surface area (Å²) in [4.78, 5) is 0. The number of aromatic nitrogens is 2. The van der Waals surface area contributed by atoms with Crippen molar-refractivity contribution in [3.05, 3.63) is 18.3 Å². The minimum absolute atomic E-state index is 0.0933. The van der Waals surface area contributed by atoms with Crippen molar-refractivity contribution < 1.29 is 0 Å². The summed E-state index contributed by atoms with van der Waals surface area (Å²) in [5.74, 6) is 0.827. The Hall–Kier alpha value is -1.16. The first-order chi connectivity index (χ1) is 6.35. The molecule has 4 heteroatoms. The molecule has 0 unspecified atom stereocenters. The largest absolute Gasteiger partial charge is 0.362 e. The van der Waals surface area contributed by atoms with Gasteiger partial charge in [-0.15, -0.1) is 5.10 Å². The maximum atomic E-state index is 5.71. The minimum Gasteiger partial charge on any atom is -0.362 e. The summed E-state index contributed by atoms with van der Waals surface area (Å²) in [7, 11) is 0. The predicted octanol–water partition coefficient (Wildman–Crippen LogP) is 0.770. The molecule has 2 rings (SSSR count). The van der Waals surface area contributed by atoms with Crippen molar-refractivity contribution in [3.8, 4) is 0 Å². The molecule has 0 spiro atoms.